The number of nitrogens with one attached hydrogen (secondary N) is 1. The predicted molar refractivity (Wildman–Crippen MR) is 155 cm³/mol. The van der Waals surface area contributed by atoms with E-state index in [1.54, 1.807) is 12.1 Å². The van der Waals surface area contributed by atoms with Crippen molar-refractivity contribution >= 4 is 41.2 Å². The standard InChI is InChI=1S/C29H32ClN7O/c1-4-24(38)36-14-29(15-36)11-20(12-29)37-17(3)25(26-21(13-32)23(34)9-16(2)27(26)30)28(35-37)19-5-6-22(33)18(10-19)7-8-31/h4-10,13,20,32H,1,11-12,14-15,31,33-34H2,2-3H3/b8-7-,32-13?. The Bertz CT molecular complexity index is 1510. The molecule has 1 spiro atoms. The average Bonchev–Trinajstić information content (AvgIpc) is 3.17. The Morgan fingerprint density at radius 2 is 1.89 bits per heavy atom. The highest BCUT2D eigenvalue weighted by Crippen LogP contribution is 2.55. The van der Waals surface area contributed by atoms with E-state index in [0.717, 1.165) is 59.6 Å². The smallest absolute Gasteiger partial charge is 0.245 e. The third-order valence-electron chi connectivity index (χ3n) is 7.92. The summed E-state index contributed by atoms with van der Waals surface area (Å²) in [6, 6.07) is 7.71. The first kappa shape index (κ1) is 25.6. The van der Waals surface area contributed by atoms with Crippen molar-refractivity contribution in [3.05, 3.63) is 70.5 Å². The van der Waals surface area contributed by atoms with Crippen LogP contribution in [0.25, 0.3) is 28.5 Å². The molecule has 9 heteroatoms. The van der Waals surface area contributed by atoms with Crippen LogP contribution >= 0.6 is 11.6 Å². The first-order valence-electron chi connectivity index (χ1n) is 12.5. The van der Waals surface area contributed by atoms with Gasteiger partial charge >= 0.3 is 0 Å². The second kappa shape index (κ2) is 9.36. The maximum Gasteiger partial charge on any atom is 0.245 e. The summed E-state index contributed by atoms with van der Waals surface area (Å²) in [5.41, 5.74) is 25.7. The largest absolute Gasteiger partial charge is 0.405 e. The van der Waals surface area contributed by atoms with Gasteiger partial charge in [0.1, 0.15) is 5.69 Å². The summed E-state index contributed by atoms with van der Waals surface area (Å²) in [7, 11) is 0. The van der Waals surface area contributed by atoms with Gasteiger partial charge in [-0.1, -0.05) is 24.2 Å². The fraction of sp³-hybridized carbons (Fsp3) is 0.276. The lowest BCUT2D eigenvalue weighted by molar-refractivity contribution is -0.149. The average molecular weight is 530 g/mol. The Labute approximate surface area is 227 Å². The number of halogens is 1. The minimum absolute atomic E-state index is 0.0181. The number of amides is 1. The van der Waals surface area contributed by atoms with Crippen LogP contribution in [0.1, 0.15) is 41.3 Å². The van der Waals surface area contributed by atoms with Gasteiger partial charge in [-0.2, -0.15) is 5.10 Å². The van der Waals surface area contributed by atoms with Crippen molar-refractivity contribution in [1.29, 1.82) is 5.41 Å². The van der Waals surface area contributed by atoms with Gasteiger partial charge in [0.05, 0.1) is 11.1 Å². The monoisotopic (exact) mass is 529 g/mol. The zero-order valence-electron chi connectivity index (χ0n) is 21.6. The predicted octanol–water partition coefficient (Wildman–Crippen LogP) is 4.93. The Kier molecular flexibility index (Phi) is 6.31. The highest BCUT2D eigenvalue weighted by molar-refractivity contribution is 6.35. The SMILES string of the molecule is C=CC(=O)N1CC2(CC(n3nc(-c4ccc(N)c(/C=C\N)c4)c(-c4c(Cl)c(C)cc(N)c4C=N)c3C)C2)C1. The van der Waals surface area contributed by atoms with Gasteiger partial charge in [-0.05, 0) is 74.4 Å². The molecular formula is C29H32ClN7O. The Balaban J connectivity index is 1.64. The summed E-state index contributed by atoms with van der Waals surface area (Å²) in [6.07, 6.45) is 7.70. The van der Waals surface area contributed by atoms with E-state index in [1.165, 1.54) is 18.5 Å². The Morgan fingerprint density at radius 3 is 2.53 bits per heavy atom. The molecule has 1 aliphatic carbocycles. The number of nitrogens with two attached hydrogens (primary N) is 3. The van der Waals surface area contributed by atoms with Crippen LogP contribution < -0.4 is 17.2 Å². The van der Waals surface area contributed by atoms with Crippen LogP contribution in [0.4, 0.5) is 11.4 Å². The Hall–Kier alpha value is -4.04. The van der Waals surface area contributed by atoms with Gasteiger partial charge in [0, 0.05) is 64.0 Å². The molecule has 1 aromatic heterocycles. The molecule has 0 atom stereocenters. The molecule has 8 nitrogen and oxygen atoms in total. The second-order valence-electron chi connectivity index (χ2n) is 10.4. The van der Waals surface area contributed by atoms with Crippen LogP contribution in [0.2, 0.25) is 5.02 Å². The van der Waals surface area contributed by atoms with Gasteiger partial charge in [-0.15, -0.1) is 0 Å². The van der Waals surface area contributed by atoms with Crippen molar-refractivity contribution in [3.8, 4) is 22.4 Å². The number of carbonyl (C=O) groups is 1. The number of nitrogens with zero attached hydrogens (tertiary/aromatic N) is 3. The van der Waals surface area contributed by atoms with Crippen molar-refractivity contribution in [2.24, 2.45) is 11.1 Å². The molecule has 7 N–H and O–H groups in total. The third kappa shape index (κ3) is 3.96. The molecule has 196 valence electrons. The number of carbonyl (C=O) groups excluding carboxylic acids is 1. The van der Waals surface area contributed by atoms with E-state index >= 15 is 0 Å². The van der Waals surface area contributed by atoms with Crippen molar-refractivity contribution in [2.75, 3.05) is 24.6 Å². The highest BCUT2D eigenvalue weighted by Gasteiger charge is 2.54. The number of benzene rings is 2. The number of nitrogen functional groups attached to an aromatic ring is 2. The van der Waals surface area contributed by atoms with E-state index < -0.39 is 0 Å². The lowest BCUT2D eigenvalue weighted by Crippen LogP contribution is -2.63. The van der Waals surface area contributed by atoms with Crippen LogP contribution in [0, 0.1) is 24.7 Å². The second-order valence-corrected chi connectivity index (χ2v) is 10.8. The molecule has 0 radical (unpaired) electrons. The lowest BCUT2D eigenvalue weighted by Gasteiger charge is -2.58. The van der Waals surface area contributed by atoms with Gasteiger partial charge in [0.25, 0.3) is 0 Å². The van der Waals surface area contributed by atoms with Crippen LogP contribution in [-0.4, -0.2) is 39.9 Å². The van der Waals surface area contributed by atoms with Crippen LogP contribution in [0.5, 0.6) is 0 Å². The van der Waals surface area contributed by atoms with Gasteiger partial charge in [0.15, 0.2) is 0 Å². The van der Waals surface area contributed by atoms with E-state index in [9.17, 15) is 4.79 Å². The molecule has 1 aliphatic heterocycles. The molecule has 2 aliphatic rings. The number of hydrogen-bond acceptors (Lipinski definition) is 6. The summed E-state index contributed by atoms with van der Waals surface area (Å²) >= 11 is 6.91. The van der Waals surface area contributed by atoms with E-state index in [2.05, 4.69) is 11.3 Å². The van der Waals surface area contributed by atoms with Gasteiger partial charge in [-0.3, -0.25) is 9.48 Å². The summed E-state index contributed by atoms with van der Waals surface area (Å²) in [4.78, 5) is 13.8. The minimum Gasteiger partial charge on any atom is -0.405 e. The van der Waals surface area contributed by atoms with Crippen LogP contribution in [0.15, 0.2) is 43.1 Å². The van der Waals surface area contributed by atoms with Crippen molar-refractivity contribution in [1.82, 2.24) is 14.7 Å². The topological polar surface area (TPSA) is 140 Å². The van der Waals surface area contributed by atoms with E-state index in [-0.39, 0.29) is 17.4 Å². The first-order chi connectivity index (χ1) is 18.1. The lowest BCUT2D eigenvalue weighted by atomic mass is 9.60. The summed E-state index contributed by atoms with van der Waals surface area (Å²) < 4.78 is 2.07. The van der Waals surface area contributed by atoms with E-state index in [0.29, 0.717) is 27.5 Å². The van der Waals surface area contributed by atoms with Crippen LogP contribution in [-0.2, 0) is 4.79 Å². The molecule has 1 saturated heterocycles. The first-order valence-corrected chi connectivity index (χ1v) is 12.9. The zero-order valence-corrected chi connectivity index (χ0v) is 22.3. The molecule has 38 heavy (non-hydrogen) atoms. The van der Waals surface area contributed by atoms with Crippen LogP contribution in [0.3, 0.4) is 0 Å². The van der Waals surface area contributed by atoms with Crippen molar-refractivity contribution in [3.63, 3.8) is 0 Å². The fourth-order valence-electron chi connectivity index (χ4n) is 6.00. The molecule has 1 amide bonds. The highest BCUT2D eigenvalue weighted by atomic mass is 35.5. The molecule has 2 aromatic carbocycles. The zero-order chi connectivity index (χ0) is 27.4. The molecular weight excluding hydrogens is 498 g/mol. The summed E-state index contributed by atoms with van der Waals surface area (Å²) in [5.74, 6) is -0.0181. The van der Waals surface area contributed by atoms with Gasteiger partial charge < -0.3 is 27.5 Å². The molecule has 1 saturated carbocycles. The molecule has 5 rings (SSSR count). The van der Waals surface area contributed by atoms with Crippen molar-refractivity contribution in [2.45, 2.75) is 32.7 Å². The molecule has 0 unspecified atom stereocenters. The number of hydrogen-bond donors (Lipinski definition) is 4. The Morgan fingerprint density at radius 1 is 1.18 bits per heavy atom. The fourth-order valence-corrected chi connectivity index (χ4v) is 6.25. The van der Waals surface area contributed by atoms with E-state index in [1.807, 2.05) is 36.9 Å². The minimum atomic E-state index is -0.0181. The number of likely N-dealkylation sites (tertiary alicyclic amines) is 1. The van der Waals surface area contributed by atoms with Crippen molar-refractivity contribution < 1.29 is 4.79 Å². The number of aryl methyl sites for hydroxylation is 1. The third-order valence-corrected chi connectivity index (χ3v) is 8.41. The molecule has 2 fully saturated rings. The van der Waals surface area contributed by atoms with E-state index in [4.69, 9.17) is 39.3 Å². The quantitative estimate of drug-likeness (QED) is 0.203. The maximum atomic E-state index is 12.0. The molecule has 0 bridgehead atoms. The van der Waals surface area contributed by atoms with Gasteiger partial charge in [-0.25, -0.2) is 0 Å². The summed E-state index contributed by atoms with van der Waals surface area (Å²) in [6.45, 7) is 9.04. The maximum absolute atomic E-state index is 12.0. The summed E-state index contributed by atoms with van der Waals surface area (Å²) in [5, 5.41) is 13.8. The number of anilines is 2. The van der Waals surface area contributed by atoms with Gasteiger partial charge in [0.2, 0.25) is 5.91 Å². The number of aromatic nitrogens is 2. The normalized spacial score (nSPS) is 16.4. The molecule has 3 aromatic rings. The number of rotatable bonds is 6. The molecule has 2 heterocycles.